The summed E-state index contributed by atoms with van der Waals surface area (Å²) in [5.74, 6) is 5.24. The number of benzene rings is 1. The van der Waals surface area contributed by atoms with Crippen molar-refractivity contribution >= 4 is 38.3 Å². The van der Waals surface area contributed by atoms with Gasteiger partial charge in [0.15, 0.2) is 23.1 Å². The number of pyridine rings is 3. The molecule has 0 radical (unpaired) electrons. The van der Waals surface area contributed by atoms with Gasteiger partial charge in [-0.1, -0.05) is 5.92 Å². The number of hydrogen-bond donors (Lipinski definition) is 1. The van der Waals surface area contributed by atoms with Gasteiger partial charge in [-0.2, -0.15) is 0 Å². The summed E-state index contributed by atoms with van der Waals surface area (Å²) in [4.78, 5) is 27.9. The van der Waals surface area contributed by atoms with E-state index in [0.717, 1.165) is 17.5 Å². The van der Waals surface area contributed by atoms with E-state index in [0.29, 0.717) is 47.4 Å². The lowest BCUT2D eigenvalue weighted by atomic mass is 10.2. The Morgan fingerprint density at radius 2 is 2.00 bits per heavy atom. The third kappa shape index (κ3) is 5.05. The molecule has 214 valence electrons. The maximum Gasteiger partial charge on any atom is 0.251 e. The van der Waals surface area contributed by atoms with Crippen molar-refractivity contribution in [1.29, 1.82) is 0 Å². The maximum absolute atomic E-state index is 14.7. The van der Waals surface area contributed by atoms with E-state index in [-0.39, 0.29) is 18.7 Å². The van der Waals surface area contributed by atoms with Crippen molar-refractivity contribution in [3.05, 3.63) is 71.4 Å². The van der Waals surface area contributed by atoms with E-state index in [4.69, 9.17) is 14.5 Å². The Kier molecular flexibility index (Phi) is 7.07. The van der Waals surface area contributed by atoms with Crippen LogP contribution < -0.4 is 19.7 Å². The van der Waals surface area contributed by atoms with Crippen molar-refractivity contribution in [2.45, 2.75) is 30.3 Å². The second-order valence-corrected chi connectivity index (χ2v) is 11.5. The molecule has 2 aliphatic heterocycles. The zero-order valence-electron chi connectivity index (χ0n) is 22.2. The van der Waals surface area contributed by atoms with Gasteiger partial charge in [-0.25, -0.2) is 27.2 Å². The topological polar surface area (TPSA) is 124 Å². The average molecular weight is 592 g/mol. The summed E-state index contributed by atoms with van der Waals surface area (Å²) in [6.45, 7) is 2.35. The first-order valence-electron chi connectivity index (χ1n) is 13.0. The number of carbonyl (C=O) groups is 1. The number of nitrogens with one attached hydrogen (secondary N) is 1. The van der Waals surface area contributed by atoms with E-state index < -0.39 is 44.1 Å². The molecule has 10 nitrogen and oxygen atoms in total. The van der Waals surface area contributed by atoms with Crippen LogP contribution in [0.15, 0.2) is 53.6 Å². The maximum atomic E-state index is 14.7. The van der Waals surface area contributed by atoms with Crippen molar-refractivity contribution in [3.63, 3.8) is 0 Å². The number of rotatable bonds is 4. The molecule has 4 aromatic rings. The van der Waals surface area contributed by atoms with Gasteiger partial charge in [0.2, 0.25) is 15.3 Å². The molecule has 1 aromatic carbocycles. The number of ether oxygens (including phenoxy) is 2. The zero-order chi connectivity index (χ0) is 29.4. The summed E-state index contributed by atoms with van der Waals surface area (Å²) in [6.07, 6.45) is 1.17. The van der Waals surface area contributed by atoms with Crippen LogP contribution in [0.1, 0.15) is 35.1 Å². The summed E-state index contributed by atoms with van der Waals surface area (Å²) in [5, 5.41) is 3.37. The molecule has 1 amide bonds. The van der Waals surface area contributed by atoms with Crippen molar-refractivity contribution in [2.24, 2.45) is 0 Å². The lowest BCUT2D eigenvalue weighted by Crippen LogP contribution is -2.30. The van der Waals surface area contributed by atoms with E-state index in [1.807, 2.05) is 23.1 Å². The highest BCUT2D eigenvalue weighted by Crippen LogP contribution is 2.36. The average Bonchev–Trinajstić information content (AvgIpc) is 3.10. The molecule has 0 fully saturated rings. The molecule has 0 bridgehead atoms. The third-order valence-corrected chi connectivity index (χ3v) is 8.57. The minimum Gasteiger partial charge on any atom is -0.489 e. The largest absolute Gasteiger partial charge is 0.489 e. The lowest BCUT2D eigenvalue weighted by Gasteiger charge is -2.29. The van der Waals surface area contributed by atoms with Gasteiger partial charge >= 0.3 is 0 Å². The zero-order valence-corrected chi connectivity index (χ0v) is 23.0. The molecule has 0 saturated heterocycles. The molecule has 3 aromatic heterocycles. The van der Waals surface area contributed by atoms with Crippen LogP contribution in [-0.2, 0) is 16.4 Å². The monoisotopic (exact) mass is 591 g/mol. The Hall–Kier alpha value is -4.83. The highest BCUT2D eigenvalue weighted by atomic mass is 32.2. The van der Waals surface area contributed by atoms with Crippen molar-refractivity contribution in [3.8, 4) is 23.3 Å². The molecule has 0 spiro atoms. The van der Waals surface area contributed by atoms with Crippen LogP contribution in [0, 0.1) is 17.7 Å². The summed E-state index contributed by atoms with van der Waals surface area (Å²) in [7, 11) is -4.52. The van der Waals surface area contributed by atoms with E-state index in [1.54, 1.807) is 25.3 Å². The van der Waals surface area contributed by atoms with Crippen molar-refractivity contribution < 1.29 is 31.5 Å². The molecule has 13 heteroatoms. The molecule has 0 aliphatic carbocycles. The number of sulfone groups is 1. The number of aromatic nitrogens is 3. The molecule has 2 aliphatic rings. The predicted molar refractivity (Wildman–Crippen MR) is 149 cm³/mol. The molecular formula is C29H23F2N5O5S. The van der Waals surface area contributed by atoms with E-state index in [1.165, 1.54) is 0 Å². The third-order valence-electron chi connectivity index (χ3n) is 6.75. The van der Waals surface area contributed by atoms with Gasteiger partial charge in [0, 0.05) is 23.6 Å². The number of nitrogens with zero attached hydrogens (tertiary/aromatic N) is 4. The predicted octanol–water partition coefficient (Wildman–Crippen LogP) is 3.85. The molecular weight excluding hydrogens is 568 g/mol. The normalized spacial score (nSPS) is 17.0. The number of alkyl halides is 1. The van der Waals surface area contributed by atoms with Gasteiger partial charge in [-0.15, -0.1) is 0 Å². The Morgan fingerprint density at radius 3 is 2.83 bits per heavy atom. The Morgan fingerprint density at radius 1 is 1.14 bits per heavy atom. The van der Waals surface area contributed by atoms with Crippen LogP contribution in [0.2, 0.25) is 0 Å². The first-order valence-corrected chi connectivity index (χ1v) is 14.5. The summed E-state index contributed by atoms with van der Waals surface area (Å²) < 4.78 is 64.8. The standard InChI is InChI=1S/C29H23F2N5O5S/c1-2-3-19-5-6-23-28(34-19)36(9-11-40-23)26-7-4-17-15-32-20(14-22(17)35-26)16-33-29(37)18-12-21(30)27-24(13-18)42(38,39)25(31)8-10-41-27/h4-7,12-15,25H,8-11,16H2,1H3,(H,33,37)/t25-/m1/s1. The minimum absolute atomic E-state index is 0.0602. The number of fused-ring (bicyclic) bond motifs is 3. The van der Waals surface area contributed by atoms with Gasteiger partial charge in [0.25, 0.3) is 5.91 Å². The highest BCUT2D eigenvalue weighted by Gasteiger charge is 2.35. The van der Waals surface area contributed by atoms with Crippen molar-refractivity contribution in [2.75, 3.05) is 24.7 Å². The molecule has 0 saturated carbocycles. The molecule has 0 unspecified atom stereocenters. The fourth-order valence-corrected chi connectivity index (χ4v) is 6.07. The van der Waals surface area contributed by atoms with Gasteiger partial charge in [-0.3, -0.25) is 9.78 Å². The molecule has 5 heterocycles. The van der Waals surface area contributed by atoms with Crippen LogP contribution in [-0.4, -0.2) is 54.5 Å². The van der Waals surface area contributed by atoms with Crippen LogP contribution in [0.3, 0.4) is 0 Å². The summed E-state index contributed by atoms with van der Waals surface area (Å²) in [6, 6.07) is 10.8. The Balaban J connectivity index is 1.24. The first-order chi connectivity index (χ1) is 20.2. The van der Waals surface area contributed by atoms with Gasteiger partial charge < -0.3 is 19.7 Å². The second kappa shape index (κ2) is 10.9. The fraction of sp³-hybridized carbons (Fsp3) is 0.241. The summed E-state index contributed by atoms with van der Waals surface area (Å²) >= 11 is 0. The van der Waals surface area contributed by atoms with Gasteiger partial charge in [0.1, 0.15) is 23.0 Å². The quantitative estimate of drug-likeness (QED) is 0.353. The number of halogens is 2. The van der Waals surface area contributed by atoms with E-state index in [2.05, 4.69) is 27.1 Å². The number of anilines is 2. The molecule has 6 rings (SSSR count). The van der Waals surface area contributed by atoms with E-state index >= 15 is 0 Å². The number of amides is 1. The fourth-order valence-electron chi connectivity index (χ4n) is 4.68. The number of carbonyl (C=O) groups excluding carboxylic acids is 1. The van der Waals surface area contributed by atoms with Crippen molar-refractivity contribution in [1.82, 2.24) is 20.3 Å². The number of hydrogen-bond acceptors (Lipinski definition) is 9. The van der Waals surface area contributed by atoms with Gasteiger partial charge in [-0.05, 0) is 55.3 Å². The van der Waals surface area contributed by atoms with Crippen LogP contribution in [0.4, 0.5) is 20.4 Å². The van der Waals surface area contributed by atoms with Crippen LogP contribution in [0.5, 0.6) is 11.5 Å². The molecule has 1 N–H and O–H groups in total. The Bertz CT molecular complexity index is 1910. The highest BCUT2D eigenvalue weighted by molar-refractivity contribution is 7.92. The smallest absolute Gasteiger partial charge is 0.251 e. The molecule has 1 atom stereocenters. The molecule has 42 heavy (non-hydrogen) atoms. The second-order valence-electron chi connectivity index (χ2n) is 9.49. The van der Waals surface area contributed by atoms with E-state index in [9.17, 15) is 22.0 Å². The minimum atomic E-state index is -4.52. The Labute approximate surface area is 239 Å². The van der Waals surface area contributed by atoms with Gasteiger partial charge in [0.05, 0.1) is 30.9 Å². The van der Waals surface area contributed by atoms with Crippen LogP contribution >= 0.6 is 0 Å². The summed E-state index contributed by atoms with van der Waals surface area (Å²) in [5.41, 5.74) is -0.878. The first kappa shape index (κ1) is 27.3. The van der Waals surface area contributed by atoms with Crippen LogP contribution in [0.25, 0.3) is 10.9 Å². The SMILES string of the molecule is CC#Cc1ccc2c(n1)N(c1ccc3cnc(CNC(=O)c4cc(F)c5c(c4)S(=O)(=O)[C@@H](F)CCO5)cc3n1)CCO2. The lowest BCUT2D eigenvalue weighted by molar-refractivity contribution is 0.0949.